The molecule has 82 valence electrons. The number of rotatable bonds is 5. The molecule has 3 heteroatoms. The molecule has 0 spiro atoms. The van der Waals surface area contributed by atoms with Gasteiger partial charge in [-0.3, -0.25) is 4.98 Å². The largest absolute Gasteiger partial charge is 0.319 e. The van der Waals surface area contributed by atoms with Crippen molar-refractivity contribution in [2.45, 2.75) is 13.3 Å². The second kappa shape index (κ2) is 5.29. The predicted molar refractivity (Wildman–Crippen MR) is 65.2 cm³/mol. The van der Waals surface area contributed by atoms with Crippen molar-refractivity contribution in [3.63, 3.8) is 0 Å². The Kier molecular flexibility index (Phi) is 4.30. The Hall–Kier alpha value is -0.860. The van der Waals surface area contributed by atoms with Gasteiger partial charge in [0.05, 0.1) is 5.02 Å². The number of hydrogen-bond donors (Lipinski definition) is 1. The van der Waals surface area contributed by atoms with E-state index in [1.165, 1.54) is 0 Å². The Morgan fingerprint density at radius 1 is 1.67 bits per heavy atom. The first kappa shape index (κ1) is 12.2. The monoisotopic (exact) mass is 224 g/mol. The molecule has 0 saturated carbocycles. The lowest BCUT2D eigenvalue weighted by molar-refractivity contribution is 0.406. The summed E-state index contributed by atoms with van der Waals surface area (Å²) in [6, 6.07) is 1.96. The van der Waals surface area contributed by atoms with Crippen LogP contribution in [0.3, 0.4) is 0 Å². The van der Waals surface area contributed by atoms with E-state index in [0.717, 1.165) is 23.6 Å². The summed E-state index contributed by atoms with van der Waals surface area (Å²) in [6.45, 7) is 6.92. The van der Waals surface area contributed by atoms with Gasteiger partial charge >= 0.3 is 0 Å². The maximum absolute atomic E-state index is 6.07. The fourth-order valence-corrected chi connectivity index (χ4v) is 1.78. The van der Waals surface area contributed by atoms with E-state index in [4.69, 9.17) is 11.6 Å². The van der Waals surface area contributed by atoms with Crippen LogP contribution in [0.5, 0.6) is 0 Å². The molecule has 0 radical (unpaired) electrons. The smallest absolute Gasteiger partial charge is 0.0621 e. The Bertz CT molecular complexity index is 338. The molecule has 15 heavy (non-hydrogen) atoms. The number of pyridine rings is 1. The third kappa shape index (κ3) is 3.33. The zero-order valence-electron chi connectivity index (χ0n) is 9.26. The molecular formula is C12H17ClN2. The molecule has 1 atom stereocenters. The third-order valence-corrected chi connectivity index (χ3v) is 2.86. The molecule has 0 bridgehead atoms. The lowest BCUT2D eigenvalue weighted by Crippen LogP contribution is -2.29. The van der Waals surface area contributed by atoms with Crippen LogP contribution in [0.2, 0.25) is 5.02 Å². The van der Waals surface area contributed by atoms with Crippen LogP contribution >= 0.6 is 11.6 Å². The molecule has 1 unspecified atom stereocenters. The molecule has 1 heterocycles. The van der Waals surface area contributed by atoms with Gasteiger partial charge in [-0.1, -0.05) is 24.6 Å². The number of aromatic nitrogens is 1. The highest BCUT2D eigenvalue weighted by molar-refractivity contribution is 6.31. The van der Waals surface area contributed by atoms with E-state index in [1.54, 1.807) is 12.4 Å². The van der Waals surface area contributed by atoms with Crippen molar-refractivity contribution >= 4 is 11.6 Å². The van der Waals surface area contributed by atoms with Crippen molar-refractivity contribution in [3.8, 4) is 0 Å². The van der Waals surface area contributed by atoms with Crippen LogP contribution in [-0.4, -0.2) is 18.6 Å². The van der Waals surface area contributed by atoms with Crippen molar-refractivity contribution in [2.75, 3.05) is 13.6 Å². The lowest BCUT2D eigenvalue weighted by atomic mass is 9.84. The molecule has 0 saturated heterocycles. The molecule has 0 aliphatic rings. The number of nitrogens with one attached hydrogen (secondary N) is 1. The fourth-order valence-electron chi connectivity index (χ4n) is 1.59. The van der Waals surface area contributed by atoms with E-state index in [0.29, 0.717) is 0 Å². The van der Waals surface area contributed by atoms with Crippen molar-refractivity contribution in [1.82, 2.24) is 10.3 Å². The molecule has 1 N–H and O–H groups in total. The molecule has 0 aliphatic heterocycles. The van der Waals surface area contributed by atoms with E-state index in [2.05, 4.69) is 23.8 Å². The van der Waals surface area contributed by atoms with Gasteiger partial charge in [-0.2, -0.15) is 0 Å². The molecule has 0 aliphatic carbocycles. The summed E-state index contributed by atoms with van der Waals surface area (Å²) in [5, 5.41) is 3.89. The van der Waals surface area contributed by atoms with Crippen molar-refractivity contribution in [3.05, 3.63) is 41.7 Å². The van der Waals surface area contributed by atoms with Crippen molar-refractivity contribution in [2.24, 2.45) is 5.41 Å². The van der Waals surface area contributed by atoms with Gasteiger partial charge in [0.25, 0.3) is 0 Å². The molecule has 1 aromatic rings. The van der Waals surface area contributed by atoms with Crippen LogP contribution < -0.4 is 5.32 Å². The van der Waals surface area contributed by atoms with Gasteiger partial charge in [0.15, 0.2) is 0 Å². The number of nitrogens with zero attached hydrogens (tertiary/aromatic N) is 1. The Morgan fingerprint density at radius 3 is 2.93 bits per heavy atom. The van der Waals surface area contributed by atoms with Gasteiger partial charge < -0.3 is 5.32 Å². The van der Waals surface area contributed by atoms with Crippen LogP contribution in [0.1, 0.15) is 12.5 Å². The summed E-state index contributed by atoms with van der Waals surface area (Å²) >= 11 is 6.07. The summed E-state index contributed by atoms with van der Waals surface area (Å²) in [5.74, 6) is 0. The second-order valence-corrected chi connectivity index (χ2v) is 4.44. The van der Waals surface area contributed by atoms with E-state index >= 15 is 0 Å². The minimum atomic E-state index is 0.0275. The summed E-state index contributed by atoms with van der Waals surface area (Å²) in [6.07, 6.45) is 6.29. The van der Waals surface area contributed by atoms with Gasteiger partial charge in [0.2, 0.25) is 0 Å². The minimum Gasteiger partial charge on any atom is -0.319 e. The van der Waals surface area contributed by atoms with Gasteiger partial charge in [-0.05, 0) is 25.1 Å². The molecule has 2 nitrogen and oxygen atoms in total. The van der Waals surface area contributed by atoms with E-state index < -0.39 is 0 Å². The summed E-state index contributed by atoms with van der Waals surface area (Å²) < 4.78 is 0. The average molecular weight is 225 g/mol. The normalized spacial score (nSPS) is 14.6. The van der Waals surface area contributed by atoms with E-state index in [-0.39, 0.29) is 5.41 Å². The fraction of sp³-hybridized carbons (Fsp3) is 0.417. The van der Waals surface area contributed by atoms with Crippen LogP contribution in [0.4, 0.5) is 0 Å². The highest BCUT2D eigenvalue weighted by Gasteiger charge is 2.20. The SMILES string of the molecule is C=CC(C)(CNC)Cc1ccncc1Cl. The van der Waals surface area contributed by atoms with Crippen LogP contribution in [-0.2, 0) is 6.42 Å². The van der Waals surface area contributed by atoms with Gasteiger partial charge in [-0.15, -0.1) is 6.58 Å². The maximum Gasteiger partial charge on any atom is 0.0621 e. The topological polar surface area (TPSA) is 24.9 Å². The average Bonchev–Trinajstić information content (AvgIpc) is 2.22. The second-order valence-electron chi connectivity index (χ2n) is 4.03. The Morgan fingerprint density at radius 2 is 2.40 bits per heavy atom. The maximum atomic E-state index is 6.07. The lowest BCUT2D eigenvalue weighted by Gasteiger charge is -2.25. The third-order valence-electron chi connectivity index (χ3n) is 2.52. The summed E-state index contributed by atoms with van der Waals surface area (Å²) in [5.41, 5.74) is 1.14. The highest BCUT2D eigenvalue weighted by Crippen LogP contribution is 2.26. The molecule has 0 amide bonds. The van der Waals surface area contributed by atoms with E-state index in [9.17, 15) is 0 Å². The Labute approximate surface area is 96.4 Å². The molecule has 1 aromatic heterocycles. The van der Waals surface area contributed by atoms with Gasteiger partial charge in [0, 0.05) is 24.4 Å². The van der Waals surface area contributed by atoms with Crippen molar-refractivity contribution < 1.29 is 0 Å². The first-order chi connectivity index (χ1) is 7.11. The van der Waals surface area contributed by atoms with Crippen molar-refractivity contribution in [1.29, 1.82) is 0 Å². The first-order valence-electron chi connectivity index (χ1n) is 4.98. The highest BCUT2D eigenvalue weighted by atomic mass is 35.5. The quantitative estimate of drug-likeness (QED) is 0.778. The van der Waals surface area contributed by atoms with Crippen LogP contribution in [0.25, 0.3) is 0 Å². The van der Waals surface area contributed by atoms with Gasteiger partial charge in [0.1, 0.15) is 0 Å². The number of halogens is 1. The van der Waals surface area contributed by atoms with E-state index in [1.807, 2.05) is 19.2 Å². The zero-order valence-corrected chi connectivity index (χ0v) is 10.0. The molecule has 0 fully saturated rings. The standard InChI is InChI=1S/C12H17ClN2/c1-4-12(2,9-14-3)7-10-5-6-15-8-11(10)13/h4-6,8,14H,1,7,9H2,2-3H3. The molecular weight excluding hydrogens is 208 g/mol. The molecule has 1 rings (SSSR count). The van der Waals surface area contributed by atoms with Crippen LogP contribution in [0.15, 0.2) is 31.1 Å². The molecule has 0 aromatic carbocycles. The van der Waals surface area contributed by atoms with Gasteiger partial charge in [-0.25, -0.2) is 0 Å². The van der Waals surface area contributed by atoms with Crippen LogP contribution in [0, 0.1) is 5.41 Å². The zero-order chi connectivity index (χ0) is 11.3. The minimum absolute atomic E-state index is 0.0275. The predicted octanol–water partition coefficient (Wildman–Crippen LogP) is 2.69. The summed E-state index contributed by atoms with van der Waals surface area (Å²) in [4.78, 5) is 3.97. The summed E-state index contributed by atoms with van der Waals surface area (Å²) in [7, 11) is 1.94. The first-order valence-corrected chi connectivity index (χ1v) is 5.36. The Balaban J connectivity index is 2.83. The number of hydrogen-bond acceptors (Lipinski definition) is 2.